The molecule has 0 bridgehead atoms. The van der Waals surface area contributed by atoms with Crippen molar-refractivity contribution in [3.8, 4) is 11.5 Å². The third-order valence-electron chi connectivity index (χ3n) is 3.86. The Kier molecular flexibility index (Phi) is 6.49. The lowest BCUT2D eigenvalue weighted by molar-refractivity contribution is 0.0221. The van der Waals surface area contributed by atoms with Gasteiger partial charge in [-0.05, 0) is 19.1 Å². The van der Waals surface area contributed by atoms with Crippen molar-refractivity contribution in [1.82, 2.24) is 4.90 Å². The Morgan fingerprint density at radius 2 is 2.09 bits per heavy atom. The molecule has 7 nitrogen and oxygen atoms in total. The van der Waals surface area contributed by atoms with Gasteiger partial charge in [0.15, 0.2) is 5.96 Å². The van der Waals surface area contributed by atoms with Crippen LogP contribution in [0.25, 0.3) is 0 Å². The second-order valence-electron chi connectivity index (χ2n) is 5.41. The number of hydrogen-bond acceptors (Lipinski definition) is 5. The Hall–Kier alpha value is -1.99. The molecule has 1 aromatic rings. The van der Waals surface area contributed by atoms with Crippen molar-refractivity contribution in [2.45, 2.75) is 13.0 Å². The summed E-state index contributed by atoms with van der Waals surface area (Å²) in [4.78, 5) is 6.78. The van der Waals surface area contributed by atoms with Crippen LogP contribution < -0.4 is 20.5 Å². The third-order valence-corrected chi connectivity index (χ3v) is 3.86. The number of methoxy groups -OCH3 is 2. The number of nitrogens with two attached hydrogens (primary N) is 1. The second kappa shape index (κ2) is 8.59. The minimum absolute atomic E-state index is 0.325. The minimum Gasteiger partial charge on any atom is -0.497 e. The molecule has 1 atom stereocenters. The fourth-order valence-electron chi connectivity index (χ4n) is 2.45. The second-order valence-corrected chi connectivity index (χ2v) is 5.41. The topological polar surface area (TPSA) is 81.3 Å². The number of ether oxygens (including phenoxy) is 3. The van der Waals surface area contributed by atoms with Crippen LogP contribution in [0, 0.1) is 0 Å². The highest BCUT2D eigenvalue weighted by Crippen LogP contribution is 2.28. The summed E-state index contributed by atoms with van der Waals surface area (Å²) in [6, 6.07) is 5.81. The molecule has 7 heteroatoms. The quantitative estimate of drug-likeness (QED) is 0.604. The molecule has 0 radical (unpaired) electrons. The molecule has 0 saturated carbocycles. The number of benzene rings is 1. The number of nitrogens with one attached hydrogen (secondary N) is 1. The van der Waals surface area contributed by atoms with Crippen LogP contribution in [0.15, 0.2) is 23.2 Å². The van der Waals surface area contributed by atoms with Crippen LogP contribution >= 0.6 is 0 Å². The van der Waals surface area contributed by atoms with Crippen LogP contribution in [0.2, 0.25) is 0 Å². The molecule has 1 aliphatic heterocycles. The van der Waals surface area contributed by atoms with Crippen LogP contribution in [-0.2, 0) is 4.74 Å². The first-order valence-corrected chi connectivity index (χ1v) is 7.74. The van der Waals surface area contributed by atoms with E-state index < -0.39 is 0 Å². The summed E-state index contributed by atoms with van der Waals surface area (Å²) in [5, 5.41) is 3.07. The number of rotatable bonds is 6. The van der Waals surface area contributed by atoms with Crippen molar-refractivity contribution in [2.75, 3.05) is 52.4 Å². The van der Waals surface area contributed by atoms with E-state index in [4.69, 9.17) is 19.9 Å². The Labute approximate surface area is 137 Å². The monoisotopic (exact) mass is 322 g/mol. The average Bonchev–Trinajstić information content (AvgIpc) is 2.60. The van der Waals surface area contributed by atoms with Crippen molar-refractivity contribution in [2.24, 2.45) is 10.7 Å². The first-order valence-electron chi connectivity index (χ1n) is 7.74. The van der Waals surface area contributed by atoms with Crippen molar-refractivity contribution in [1.29, 1.82) is 0 Å². The van der Waals surface area contributed by atoms with Crippen LogP contribution in [0.4, 0.5) is 5.69 Å². The van der Waals surface area contributed by atoms with Gasteiger partial charge in [0.1, 0.15) is 11.5 Å². The van der Waals surface area contributed by atoms with E-state index in [1.807, 2.05) is 18.2 Å². The van der Waals surface area contributed by atoms with Gasteiger partial charge in [0, 0.05) is 25.2 Å². The van der Waals surface area contributed by atoms with Gasteiger partial charge in [0.05, 0.1) is 39.7 Å². The van der Waals surface area contributed by atoms with Crippen molar-refractivity contribution in [3.63, 3.8) is 0 Å². The zero-order valence-electron chi connectivity index (χ0n) is 14.0. The summed E-state index contributed by atoms with van der Waals surface area (Å²) in [5.74, 6) is 1.77. The number of hydrogen-bond donors (Lipinski definition) is 2. The summed E-state index contributed by atoms with van der Waals surface area (Å²) >= 11 is 0. The summed E-state index contributed by atoms with van der Waals surface area (Å²) in [6.07, 6.45) is 0. The van der Waals surface area contributed by atoms with Crippen LogP contribution in [0.1, 0.15) is 6.92 Å². The zero-order valence-corrected chi connectivity index (χ0v) is 14.0. The van der Waals surface area contributed by atoms with E-state index >= 15 is 0 Å². The van der Waals surface area contributed by atoms with Crippen LogP contribution in [0.5, 0.6) is 11.5 Å². The van der Waals surface area contributed by atoms with E-state index in [1.165, 1.54) is 0 Å². The SMILES string of the molecule is COc1ccc(OC)c(NC(N)=NCC(C)N2CCOCC2)c1. The zero-order chi connectivity index (χ0) is 16.7. The molecule has 23 heavy (non-hydrogen) atoms. The number of anilines is 1. The predicted molar refractivity (Wildman–Crippen MR) is 91.5 cm³/mol. The summed E-state index contributed by atoms with van der Waals surface area (Å²) in [5.41, 5.74) is 6.73. The van der Waals surface area contributed by atoms with E-state index in [0.717, 1.165) is 37.7 Å². The minimum atomic E-state index is 0.325. The van der Waals surface area contributed by atoms with Crippen LogP contribution in [-0.4, -0.2) is 64.0 Å². The van der Waals surface area contributed by atoms with Crippen molar-refractivity contribution >= 4 is 11.6 Å². The third kappa shape index (κ3) is 5.01. The highest BCUT2D eigenvalue weighted by atomic mass is 16.5. The molecule has 1 aromatic carbocycles. The Bertz CT molecular complexity index is 530. The number of morpholine rings is 1. The number of nitrogens with zero attached hydrogens (tertiary/aromatic N) is 2. The van der Waals surface area contributed by atoms with Gasteiger partial charge in [-0.15, -0.1) is 0 Å². The van der Waals surface area contributed by atoms with Crippen LogP contribution in [0.3, 0.4) is 0 Å². The molecule has 1 aliphatic rings. The first-order chi connectivity index (χ1) is 11.1. The Balaban J connectivity index is 1.96. The molecule has 0 amide bonds. The molecule has 3 N–H and O–H groups in total. The van der Waals surface area contributed by atoms with Crippen molar-refractivity contribution in [3.05, 3.63) is 18.2 Å². The molecule has 1 saturated heterocycles. The van der Waals surface area contributed by atoms with E-state index in [0.29, 0.717) is 24.3 Å². The fraction of sp³-hybridized carbons (Fsp3) is 0.562. The first kappa shape index (κ1) is 17.4. The maximum absolute atomic E-state index is 6.00. The molecule has 2 rings (SSSR count). The molecule has 1 unspecified atom stereocenters. The van der Waals surface area contributed by atoms with Gasteiger partial charge in [-0.25, -0.2) is 0 Å². The lowest BCUT2D eigenvalue weighted by atomic mass is 10.2. The smallest absolute Gasteiger partial charge is 0.193 e. The maximum atomic E-state index is 6.00. The van der Waals surface area contributed by atoms with Gasteiger partial charge < -0.3 is 25.3 Å². The molecule has 1 heterocycles. The van der Waals surface area contributed by atoms with Gasteiger partial charge in [0.25, 0.3) is 0 Å². The van der Waals surface area contributed by atoms with Gasteiger partial charge in [0.2, 0.25) is 0 Å². The molecule has 128 valence electrons. The average molecular weight is 322 g/mol. The summed E-state index contributed by atoms with van der Waals surface area (Å²) in [6.45, 7) is 6.21. The Morgan fingerprint density at radius 1 is 1.35 bits per heavy atom. The largest absolute Gasteiger partial charge is 0.497 e. The maximum Gasteiger partial charge on any atom is 0.193 e. The molecular weight excluding hydrogens is 296 g/mol. The standard InChI is InChI=1S/C16H26N4O3/c1-12(20-6-8-23-9-7-20)11-18-16(17)19-14-10-13(21-2)4-5-15(14)22-3/h4-5,10,12H,6-9,11H2,1-3H3,(H3,17,18,19). The lowest BCUT2D eigenvalue weighted by Gasteiger charge is -2.31. The molecule has 0 aromatic heterocycles. The van der Waals surface area contributed by atoms with E-state index in [1.54, 1.807) is 14.2 Å². The molecular formula is C16H26N4O3. The van der Waals surface area contributed by atoms with Gasteiger partial charge in [-0.2, -0.15) is 0 Å². The molecule has 1 fully saturated rings. The van der Waals surface area contributed by atoms with Crippen molar-refractivity contribution < 1.29 is 14.2 Å². The molecule has 0 spiro atoms. The highest BCUT2D eigenvalue weighted by molar-refractivity contribution is 5.94. The number of guanidine groups is 1. The number of aliphatic imine (C=N–C) groups is 1. The summed E-state index contributed by atoms with van der Waals surface area (Å²) in [7, 11) is 3.23. The van der Waals surface area contributed by atoms with E-state index in [-0.39, 0.29) is 0 Å². The normalized spacial score (nSPS) is 17.6. The molecule has 0 aliphatic carbocycles. The van der Waals surface area contributed by atoms with Gasteiger partial charge in [-0.3, -0.25) is 9.89 Å². The fourth-order valence-corrected chi connectivity index (χ4v) is 2.45. The summed E-state index contributed by atoms with van der Waals surface area (Å²) < 4.78 is 15.9. The van der Waals surface area contributed by atoms with Gasteiger partial charge >= 0.3 is 0 Å². The van der Waals surface area contributed by atoms with E-state index in [9.17, 15) is 0 Å². The highest BCUT2D eigenvalue weighted by Gasteiger charge is 2.16. The lowest BCUT2D eigenvalue weighted by Crippen LogP contribution is -2.43. The Morgan fingerprint density at radius 3 is 2.74 bits per heavy atom. The predicted octanol–water partition coefficient (Wildman–Crippen LogP) is 1.15. The van der Waals surface area contributed by atoms with E-state index in [2.05, 4.69) is 22.1 Å². The van der Waals surface area contributed by atoms with Gasteiger partial charge in [-0.1, -0.05) is 0 Å².